The standard InChI is InChI=1S/C16H21ClN2O3S/c17-14-6-2-1-5-13(14)15-7-3-10-19(15)16(20)8-11-18-9-4-12-23(18,21)22/h1-2,5-6,15H,3-4,7-12H2/t15-/m0/s1. The van der Waals surface area contributed by atoms with Crippen LogP contribution < -0.4 is 0 Å². The van der Waals surface area contributed by atoms with Crippen LogP contribution in [-0.2, 0) is 14.8 Å². The first kappa shape index (κ1) is 16.7. The summed E-state index contributed by atoms with van der Waals surface area (Å²) in [5.74, 6) is 0.210. The predicted octanol–water partition coefficient (Wildman–Crippen LogP) is 2.43. The van der Waals surface area contributed by atoms with Crippen LogP contribution in [0.5, 0.6) is 0 Å². The molecule has 7 heteroatoms. The molecule has 1 aromatic rings. The van der Waals surface area contributed by atoms with Crippen molar-refractivity contribution < 1.29 is 13.2 Å². The number of rotatable bonds is 4. The van der Waals surface area contributed by atoms with Crippen molar-refractivity contribution >= 4 is 27.5 Å². The zero-order chi connectivity index (χ0) is 16.4. The van der Waals surface area contributed by atoms with Gasteiger partial charge in [-0.25, -0.2) is 12.7 Å². The number of hydrogen-bond donors (Lipinski definition) is 0. The monoisotopic (exact) mass is 356 g/mol. The minimum Gasteiger partial charge on any atom is -0.336 e. The molecule has 1 aromatic carbocycles. The van der Waals surface area contributed by atoms with E-state index in [2.05, 4.69) is 0 Å². The van der Waals surface area contributed by atoms with Gasteiger partial charge < -0.3 is 4.90 Å². The molecule has 2 saturated heterocycles. The molecule has 0 bridgehead atoms. The van der Waals surface area contributed by atoms with Gasteiger partial charge in [0.05, 0.1) is 11.8 Å². The fraction of sp³-hybridized carbons (Fsp3) is 0.562. The van der Waals surface area contributed by atoms with Crippen LogP contribution in [0.4, 0.5) is 0 Å². The Morgan fingerprint density at radius 1 is 1.22 bits per heavy atom. The molecule has 2 fully saturated rings. The number of likely N-dealkylation sites (tertiary alicyclic amines) is 1. The third kappa shape index (κ3) is 3.54. The average Bonchev–Trinajstić information content (AvgIpc) is 3.11. The van der Waals surface area contributed by atoms with Crippen molar-refractivity contribution in [1.29, 1.82) is 0 Å². The Hall–Kier alpha value is -1.11. The van der Waals surface area contributed by atoms with Gasteiger partial charge in [-0.15, -0.1) is 0 Å². The van der Waals surface area contributed by atoms with Crippen LogP contribution in [0.15, 0.2) is 24.3 Å². The minimum absolute atomic E-state index is 0.00591. The largest absolute Gasteiger partial charge is 0.336 e. The molecule has 126 valence electrons. The molecule has 0 N–H and O–H groups in total. The molecule has 1 atom stereocenters. The summed E-state index contributed by atoms with van der Waals surface area (Å²) in [6.45, 7) is 1.53. The van der Waals surface area contributed by atoms with Gasteiger partial charge in [-0.3, -0.25) is 4.79 Å². The molecule has 1 amide bonds. The first-order valence-corrected chi connectivity index (χ1v) is 9.99. The van der Waals surface area contributed by atoms with E-state index in [1.54, 1.807) is 0 Å². The lowest BCUT2D eigenvalue weighted by Gasteiger charge is -2.26. The summed E-state index contributed by atoms with van der Waals surface area (Å²) in [7, 11) is -3.14. The second kappa shape index (κ2) is 6.79. The van der Waals surface area contributed by atoms with Gasteiger partial charge >= 0.3 is 0 Å². The molecule has 0 aliphatic carbocycles. The van der Waals surface area contributed by atoms with E-state index in [9.17, 15) is 13.2 Å². The Bertz CT molecular complexity index is 692. The smallest absolute Gasteiger partial charge is 0.224 e. The molecule has 23 heavy (non-hydrogen) atoms. The van der Waals surface area contributed by atoms with Crippen molar-refractivity contribution in [2.45, 2.75) is 31.7 Å². The van der Waals surface area contributed by atoms with Crippen LogP contribution in [0.2, 0.25) is 5.02 Å². The summed E-state index contributed by atoms with van der Waals surface area (Å²) in [5.41, 5.74) is 0.980. The van der Waals surface area contributed by atoms with E-state index in [0.717, 1.165) is 18.4 Å². The first-order chi connectivity index (χ1) is 11.0. The molecule has 0 saturated carbocycles. The van der Waals surface area contributed by atoms with E-state index in [4.69, 9.17) is 11.6 Å². The normalized spacial score (nSPS) is 24.2. The zero-order valence-corrected chi connectivity index (χ0v) is 14.5. The van der Waals surface area contributed by atoms with E-state index in [0.29, 0.717) is 24.5 Å². The lowest BCUT2D eigenvalue weighted by atomic mass is 10.0. The lowest BCUT2D eigenvalue weighted by molar-refractivity contribution is -0.132. The highest BCUT2D eigenvalue weighted by molar-refractivity contribution is 7.89. The van der Waals surface area contributed by atoms with Gasteiger partial charge in [0.1, 0.15) is 0 Å². The molecular formula is C16H21ClN2O3S. The molecular weight excluding hydrogens is 336 g/mol. The highest BCUT2D eigenvalue weighted by Crippen LogP contribution is 2.36. The SMILES string of the molecule is O=C(CCN1CCCS1(=O)=O)N1CCC[C@H]1c1ccccc1Cl. The zero-order valence-electron chi connectivity index (χ0n) is 12.9. The summed E-state index contributed by atoms with van der Waals surface area (Å²) < 4.78 is 25.1. The molecule has 2 aliphatic rings. The fourth-order valence-electron chi connectivity index (χ4n) is 3.44. The molecule has 0 radical (unpaired) electrons. The van der Waals surface area contributed by atoms with Gasteiger partial charge in [0.2, 0.25) is 15.9 Å². The third-order valence-corrected chi connectivity index (χ3v) is 6.92. The van der Waals surface area contributed by atoms with Crippen LogP contribution in [0.3, 0.4) is 0 Å². The summed E-state index contributed by atoms with van der Waals surface area (Å²) in [6.07, 6.45) is 2.74. The summed E-state index contributed by atoms with van der Waals surface area (Å²) in [5, 5.41) is 0.680. The Labute approximate surface area is 142 Å². The van der Waals surface area contributed by atoms with Crippen molar-refractivity contribution in [2.75, 3.05) is 25.4 Å². The molecule has 0 unspecified atom stereocenters. The predicted molar refractivity (Wildman–Crippen MR) is 89.7 cm³/mol. The molecule has 0 aromatic heterocycles. The maximum atomic E-state index is 12.6. The van der Waals surface area contributed by atoms with Gasteiger partial charge in [0.25, 0.3) is 0 Å². The topological polar surface area (TPSA) is 57.7 Å². The molecule has 2 aliphatic heterocycles. The van der Waals surface area contributed by atoms with Gasteiger partial charge in [0, 0.05) is 31.1 Å². The number of carbonyl (C=O) groups excluding carboxylic acids is 1. The van der Waals surface area contributed by atoms with Gasteiger partial charge in [-0.2, -0.15) is 0 Å². The fourth-order valence-corrected chi connectivity index (χ4v) is 5.23. The highest BCUT2D eigenvalue weighted by atomic mass is 35.5. The van der Waals surface area contributed by atoms with E-state index < -0.39 is 10.0 Å². The quantitative estimate of drug-likeness (QED) is 0.832. The summed E-state index contributed by atoms with van der Waals surface area (Å²) in [6, 6.07) is 7.62. The number of carbonyl (C=O) groups is 1. The number of amides is 1. The lowest BCUT2D eigenvalue weighted by Crippen LogP contribution is -2.35. The van der Waals surface area contributed by atoms with Crippen LogP contribution in [0.25, 0.3) is 0 Å². The van der Waals surface area contributed by atoms with Crippen molar-refractivity contribution in [3.05, 3.63) is 34.9 Å². The van der Waals surface area contributed by atoms with E-state index in [-0.39, 0.29) is 30.7 Å². The first-order valence-electron chi connectivity index (χ1n) is 8.01. The average molecular weight is 357 g/mol. The number of nitrogens with zero attached hydrogens (tertiary/aromatic N) is 2. The highest BCUT2D eigenvalue weighted by Gasteiger charge is 2.33. The maximum Gasteiger partial charge on any atom is 0.224 e. The van der Waals surface area contributed by atoms with Crippen LogP contribution in [-0.4, -0.2) is 48.9 Å². The summed E-state index contributed by atoms with van der Waals surface area (Å²) >= 11 is 6.27. The van der Waals surface area contributed by atoms with E-state index in [1.165, 1.54) is 4.31 Å². The molecule has 2 heterocycles. The number of hydrogen-bond acceptors (Lipinski definition) is 3. The molecule has 0 spiro atoms. The number of sulfonamides is 1. The Morgan fingerprint density at radius 2 is 2.00 bits per heavy atom. The van der Waals surface area contributed by atoms with Crippen molar-refractivity contribution in [3.8, 4) is 0 Å². The third-order valence-electron chi connectivity index (χ3n) is 4.62. The molecule has 3 rings (SSSR count). The van der Waals surface area contributed by atoms with Gasteiger partial charge in [0.15, 0.2) is 0 Å². The number of benzene rings is 1. The van der Waals surface area contributed by atoms with Crippen LogP contribution >= 0.6 is 11.6 Å². The Balaban J connectivity index is 1.66. The van der Waals surface area contributed by atoms with Gasteiger partial charge in [-0.1, -0.05) is 29.8 Å². The van der Waals surface area contributed by atoms with Crippen molar-refractivity contribution in [3.63, 3.8) is 0 Å². The van der Waals surface area contributed by atoms with E-state index >= 15 is 0 Å². The minimum atomic E-state index is -3.14. The summed E-state index contributed by atoms with van der Waals surface area (Å²) in [4.78, 5) is 14.4. The van der Waals surface area contributed by atoms with Crippen LogP contribution in [0, 0.1) is 0 Å². The van der Waals surface area contributed by atoms with E-state index in [1.807, 2.05) is 29.2 Å². The van der Waals surface area contributed by atoms with Crippen molar-refractivity contribution in [1.82, 2.24) is 9.21 Å². The van der Waals surface area contributed by atoms with Crippen molar-refractivity contribution in [2.24, 2.45) is 0 Å². The Morgan fingerprint density at radius 3 is 2.70 bits per heavy atom. The molecule has 5 nitrogen and oxygen atoms in total. The maximum absolute atomic E-state index is 12.6. The van der Waals surface area contributed by atoms with Crippen LogP contribution in [0.1, 0.15) is 37.3 Å². The second-order valence-electron chi connectivity index (χ2n) is 6.09. The second-order valence-corrected chi connectivity index (χ2v) is 8.58. The van der Waals surface area contributed by atoms with Gasteiger partial charge in [-0.05, 0) is 30.9 Å². The Kier molecular flexibility index (Phi) is 4.94. The number of halogens is 1.